The number of anilines is 4. The highest BCUT2D eigenvalue weighted by Gasteiger charge is 2.40. The summed E-state index contributed by atoms with van der Waals surface area (Å²) in [6.45, 7) is 9.69. The third kappa shape index (κ3) is 5.23. The van der Waals surface area contributed by atoms with E-state index >= 15 is 0 Å². The maximum atomic E-state index is 12.6. The fourth-order valence-corrected chi connectivity index (χ4v) is 5.53. The van der Waals surface area contributed by atoms with Crippen molar-refractivity contribution in [1.29, 1.82) is 0 Å². The number of amides is 1. The first-order valence-electron chi connectivity index (χ1n) is 12.3. The largest absolute Gasteiger partial charge is 0.443 e. The highest BCUT2D eigenvalue weighted by atomic mass is 35.5. The minimum Gasteiger partial charge on any atom is -0.443 e. The average Bonchev–Trinajstić information content (AvgIpc) is 2.78. The Bertz CT molecular complexity index is 1110. The van der Waals surface area contributed by atoms with E-state index in [4.69, 9.17) is 27.9 Å². The molecule has 2 fully saturated rings. The van der Waals surface area contributed by atoms with Gasteiger partial charge < -0.3 is 19.9 Å². The fraction of sp³-hybridized carbons (Fsp3) is 0.560. The number of aromatic nitrogens is 2. The lowest BCUT2D eigenvalue weighted by Gasteiger charge is -2.45. The van der Waals surface area contributed by atoms with Crippen molar-refractivity contribution in [2.45, 2.75) is 64.1 Å². The molecule has 6 heterocycles. The van der Waals surface area contributed by atoms with Gasteiger partial charge in [0.25, 0.3) is 0 Å². The van der Waals surface area contributed by atoms with Crippen LogP contribution >= 0.6 is 23.2 Å². The SMILES string of the molecule is CC(C)(C)OC(=O)N1c2nc(Cl)ccc2N2CCC[C@H]1C2.Clc1ccc2c(n1)N[C@H]1CCCN2C1. The second-order valence-corrected chi connectivity index (χ2v) is 11.3. The van der Waals surface area contributed by atoms with Gasteiger partial charge in [0.15, 0.2) is 11.6 Å². The Balaban J connectivity index is 0.000000156. The molecule has 0 aliphatic carbocycles. The van der Waals surface area contributed by atoms with Crippen LogP contribution in [0, 0.1) is 0 Å². The van der Waals surface area contributed by atoms with Crippen molar-refractivity contribution in [2.75, 3.05) is 46.2 Å². The molecule has 10 heteroatoms. The zero-order valence-electron chi connectivity index (χ0n) is 20.4. The number of nitrogens with one attached hydrogen (secondary N) is 1. The summed E-state index contributed by atoms with van der Waals surface area (Å²) in [4.78, 5) is 27.6. The summed E-state index contributed by atoms with van der Waals surface area (Å²) >= 11 is 11.9. The first kappa shape index (κ1) is 24.3. The number of carbonyl (C=O) groups excluding carboxylic acids is 1. The molecule has 4 aliphatic heterocycles. The predicted octanol–water partition coefficient (Wildman–Crippen LogP) is 5.59. The van der Waals surface area contributed by atoms with E-state index in [1.54, 1.807) is 11.0 Å². The van der Waals surface area contributed by atoms with Crippen LogP contribution in [0.3, 0.4) is 0 Å². The lowest BCUT2D eigenvalue weighted by molar-refractivity contribution is 0.0558. The van der Waals surface area contributed by atoms with Crippen molar-refractivity contribution in [3.63, 3.8) is 0 Å². The van der Waals surface area contributed by atoms with Crippen LogP contribution in [-0.4, -0.2) is 59.9 Å². The molecule has 0 unspecified atom stereocenters. The number of pyridine rings is 2. The number of halogens is 2. The quantitative estimate of drug-likeness (QED) is 0.455. The molecule has 4 bridgehead atoms. The Hall–Kier alpha value is -2.45. The van der Waals surface area contributed by atoms with Crippen LogP contribution in [0.2, 0.25) is 10.3 Å². The number of hydrogen-bond acceptors (Lipinski definition) is 7. The Morgan fingerprint density at radius 3 is 2.37 bits per heavy atom. The summed E-state index contributed by atoms with van der Waals surface area (Å²) in [5.74, 6) is 1.57. The second-order valence-electron chi connectivity index (χ2n) is 10.5. The van der Waals surface area contributed by atoms with Crippen LogP contribution in [0.25, 0.3) is 0 Å². The molecule has 2 atom stereocenters. The summed E-state index contributed by atoms with van der Waals surface area (Å²) < 4.78 is 5.55. The summed E-state index contributed by atoms with van der Waals surface area (Å²) in [6.07, 6.45) is 4.18. The fourth-order valence-electron chi connectivity index (χ4n) is 5.24. The van der Waals surface area contributed by atoms with Crippen LogP contribution in [-0.2, 0) is 4.74 Å². The third-order valence-electron chi connectivity index (χ3n) is 6.68. The van der Waals surface area contributed by atoms with E-state index in [-0.39, 0.29) is 12.1 Å². The van der Waals surface area contributed by atoms with E-state index < -0.39 is 5.60 Å². The normalized spacial score (nSPS) is 22.3. The number of carbonyl (C=O) groups is 1. The number of hydrogen-bond donors (Lipinski definition) is 1. The van der Waals surface area contributed by atoms with Crippen molar-refractivity contribution in [2.24, 2.45) is 0 Å². The minimum atomic E-state index is -0.526. The number of ether oxygens (including phenoxy) is 1. The van der Waals surface area contributed by atoms with E-state index in [2.05, 4.69) is 31.2 Å². The highest BCUT2D eigenvalue weighted by Crippen LogP contribution is 2.39. The molecule has 35 heavy (non-hydrogen) atoms. The molecular formula is C25H32Cl2N6O2. The van der Waals surface area contributed by atoms with E-state index in [9.17, 15) is 4.79 Å². The molecular weight excluding hydrogens is 487 g/mol. The Kier molecular flexibility index (Phi) is 6.61. The summed E-state index contributed by atoms with van der Waals surface area (Å²) in [7, 11) is 0. The molecule has 0 saturated carbocycles. The Labute approximate surface area is 216 Å². The van der Waals surface area contributed by atoms with Gasteiger partial charge in [0.05, 0.1) is 17.4 Å². The smallest absolute Gasteiger partial charge is 0.416 e. The van der Waals surface area contributed by atoms with Gasteiger partial charge in [-0.1, -0.05) is 23.2 Å². The van der Waals surface area contributed by atoms with Gasteiger partial charge >= 0.3 is 6.09 Å². The van der Waals surface area contributed by atoms with Gasteiger partial charge in [0, 0.05) is 32.2 Å². The first-order valence-corrected chi connectivity index (χ1v) is 13.1. The van der Waals surface area contributed by atoms with Crippen molar-refractivity contribution < 1.29 is 9.53 Å². The average molecular weight is 519 g/mol. The van der Waals surface area contributed by atoms with Gasteiger partial charge in [-0.15, -0.1) is 0 Å². The van der Waals surface area contributed by atoms with E-state index in [1.807, 2.05) is 32.9 Å². The molecule has 2 saturated heterocycles. The lowest BCUT2D eigenvalue weighted by atomic mass is 10.00. The van der Waals surface area contributed by atoms with Gasteiger partial charge in [-0.3, -0.25) is 4.90 Å². The molecule has 0 radical (unpaired) electrons. The molecule has 1 amide bonds. The summed E-state index contributed by atoms with van der Waals surface area (Å²) in [5, 5.41) is 4.39. The topological polar surface area (TPSA) is 73.8 Å². The van der Waals surface area contributed by atoms with E-state index in [0.29, 0.717) is 22.2 Å². The molecule has 188 valence electrons. The highest BCUT2D eigenvalue weighted by molar-refractivity contribution is 6.30. The number of piperidine rings is 2. The van der Waals surface area contributed by atoms with Crippen molar-refractivity contribution in [1.82, 2.24) is 9.97 Å². The standard InChI is InChI=1S/C15H20ClN3O2.C10H12ClN3/c1-15(2,3)21-14(20)19-10-5-4-8-18(9-10)11-6-7-12(16)17-13(11)19;11-9-4-3-8-10(13-9)12-7-2-1-5-14(8)6-7/h6-7,10H,4-5,8-9H2,1-3H3;3-4,7H,1-2,5-6H2,(H,12,13)/t10-;7-/m00/s1. The third-order valence-corrected chi connectivity index (χ3v) is 7.11. The minimum absolute atomic E-state index is 0.104. The Morgan fingerprint density at radius 1 is 0.971 bits per heavy atom. The van der Waals surface area contributed by atoms with Gasteiger partial charge in [0.1, 0.15) is 15.9 Å². The van der Waals surface area contributed by atoms with Gasteiger partial charge in [-0.2, -0.15) is 0 Å². The maximum absolute atomic E-state index is 12.6. The zero-order chi connectivity index (χ0) is 24.7. The molecule has 8 nitrogen and oxygen atoms in total. The molecule has 2 aromatic rings. The van der Waals surface area contributed by atoms with E-state index in [1.165, 1.54) is 18.5 Å². The Morgan fingerprint density at radius 2 is 1.63 bits per heavy atom. The maximum Gasteiger partial charge on any atom is 0.416 e. The van der Waals surface area contributed by atoms with Gasteiger partial charge in [-0.25, -0.2) is 14.8 Å². The number of nitrogens with zero attached hydrogens (tertiary/aromatic N) is 5. The van der Waals surface area contributed by atoms with Crippen LogP contribution in [0.1, 0.15) is 46.5 Å². The molecule has 1 N–H and O–H groups in total. The second kappa shape index (κ2) is 9.54. The summed E-state index contributed by atoms with van der Waals surface area (Å²) in [6, 6.07) is 8.27. The molecule has 0 aromatic carbocycles. The summed E-state index contributed by atoms with van der Waals surface area (Å²) in [5.41, 5.74) is 1.63. The monoisotopic (exact) mass is 518 g/mol. The lowest BCUT2D eigenvalue weighted by Crippen LogP contribution is -2.56. The zero-order valence-corrected chi connectivity index (χ0v) is 21.9. The predicted molar refractivity (Wildman–Crippen MR) is 141 cm³/mol. The van der Waals surface area contributed by atoms with Gasteiger partial charge in [-0.05, 0) is 70.7 Å². The molecule has 2 aromatic heterocycles. The number of fused-ring (bicyclic) bond motifs is 8. The number of rotatable bonds is 0. The van der Waals surface area contributed by atoms with Crippen LogP contribution in [0.5, 0.6) is 0 Å². The van der Waals surface area contributed by atoms with Crippen LogP contribution in [0.15, 0.2) is 24.3 Å². The van der Waals surface area contributed by atoms with Gasteiger partial charge in [0.2, 0.25) is 0 Å². The van der Waals surface area contributed by atoms with E-state index in [0.717, 1.165) is 50.5 Å². The first-order chi connectivity index (χ1) is 16.7. The van der Waals surface area contributed by atoms with Crippen LogP contribution in [0.4, 0.5) is 27.8 Å². The van der Waals surface area contributed by atoms with Crippen molar-refractivity contribution in [3.05, 3.63) is 34.6 Å². The van der Waals surface area contributed by atoms with Crippen LogP contribution < -0.4 is 20.0 Å². The van der Waals surface area contributed by atoms with Crippen molar-refractivity contribution >= 4 is 52.3 Å². The molecule has 6 rings (SSSR count). The molecule has 0 spiro atoms. The molecule has 4 aliphatic rings. The van der Waals surface area contributed by atoms with Crippen molar-refractivity contribution in [3.8, 4) is 0 Å².